The minimum absolute atomic E-state index is 0.502. The van der Waals surface area contributed by atoms with Crippen molar-refractivity contribution in [2.24, 2.45) is 0 Å². The molecule has 3 rings (SSSR count). The third kappa shape index (κ3) is 2.80. The molecular formula is C15H18N2OS. The molecule has 1 N–H and O–H groups in total. The summed E-state index contributed by atoms with van der Waals surface area (Å²) < 4.78 is 5.53. The zero-order chi connectivity index (χ0) is 13.2. The Morgan fingerprint density at radius 3 is 3.16 bits per heavy atom. The summed E-state index contributed by atoms with van der Waals surface area (Å²) in [6.45, 7) is 6.01. The maximum atomic E-state index is 5.53. The zero-order valence-corrected chi connectivity index (χ0v) is 12.1. The summed E-state index contributed by atoms with van der Waals surface area (Å²) in [5.74, 6) is 1.03. The van der Waals surface area contributed by atoms with Gasteiger partial charge >= 0.3 is 0 Å². The fourth-order valence-corrected chi connectivity index (χ4v) is 3.01. The molecule has 4 heteroatoms. The SMILES string of the molecule is CC(C)NCc1cnc(-c2ccc3c(c2)CCO3)s1. The molecule has 0 bridgehead atoms. The van der Waals surface area contributed by atoms with Crippen molar-refractivity contribution in [3.05, 3.63) is 34.8 Å². The van der Waals surface area contributed by atoms with Crippen molar-refractivity contribution >= 4 is 11.3 Å². The molecule has 1 aliphatic rings. The molecule has 1 aromatic heterocycles. The summed E-state index contributed by atoms with van der Waals surface area (Å²) in [6, 6.07) is 6.87. The number of aromatic nitrogens is 1. The molecule has 1 aliphatic heterocycles. The fraction of sp³-hybridized carbons (Fsp3) is 0.400. The Morgan fingerprint density at radius 2 is 2.32 bits per heavy atom. The minimum atomic E-state index is 0.502. The third-order valence-electron chi connectivity index (χ3n) is 3.17. The van der Waals surface area contributed by atoms with Crippen LogP contribution in [0.5, 0.6) is 5.75 Å². The normalized spacial score (nSPS) is 13.6. The largest absolute Gasteiger partial charge is 0.493 e. The van der Waals surface area contributed by atoms with Crippen molar-refractivity contribution < 1.29 is 4.74 Å². The number of hydrogen-bond acceptors (Lipinski definition) is 4. The first-order valence-corrected chi connectivity index (χ1v) is 7.48. The van der Waals surface area contributed by atoms with Crippen LogP contribution in [0.2, 0.25) is 0 Å². The van der Waals surface area contributed by atoms with Crippen LogP contribution >= 0.6 is 11.3 Å². The summed E-state index contributed by atoms with van der Waals surface area (Å²) in [5.41, 5.74) is 2.50. The third-order valence-corrected chi connectivity index (χ3v) is 4.22. The van der Waals surface area contributed by atoms with E-state index in [2.05, 4.69) is 42.3 Å². The first-order chi connectivity index (χ1) is 9.22. The maximum Gasteiger partial charge on any atom is 0.123 e. The molecule has 0 saturated heterocycles. The van der Waals surface area contributed by atoms with Gasteiger partial charge in [-0.05, 0) is 23.8 Å². The molecule has 2 aromatic rings. The smallest absolute Gasteiger partial charge is 0.123 e. The van der Waals surface area contributed by atoms with E-state index in [1.54, 1.807) is 11.3 Å². The van der Waals surface area contributed by atoms with Crippen LogP contribution in [0.4, 0.5) is 0 Å². The van der Waals surface area contributed by atoms with Gasteiger partial charge in [0.1, 0.15) is 10.8 Å². The van der Waals surface area contributed by atoms with Gasteiger partial charge in [-0.2, -0.15) is 0 Å². The highest BCUT2D eigenvalue weighted by Gasteiger charge is 2.14. The van der Waals surface area contributed by atoms with E-state index in [-0.39, 0.29) is 0 Å². The molecule has 19 heavy (non-hydrogen) atoms. The molecule has 0 amide bonds. The lowest BCUT2D eigenvalue weighted by Crippen LogP contribution is -2.21. The van der Waals surface area contributed by atoms with Crippen molar-refractivity contribution in [2.45, 2.75) is 32.9 Å². The van der Waals surface area contributed by atoms with Crippen molar-refractivity contribution in [3.63, 3.8) is 0 Å². The molecule has 0 unspecified atom stereocenters. The quantitative estimate of drug-likeness (QED) is 0.929. The van der Waals surface area contributed by atoms with Gasteiger partial charge in [0.15, 0.2) is 0 Å². The first kappa shape index (κ1) is 12.6. The Balaban J connectivity index is 1.79. The number of ether oxygens (including phenoxy) is 1. The Morgan fingerprint density at radius 1 is 1.42 bits per heavy atom. The van der Waals surface area contributed by atoms with Gasteiger partial charge in [-0.1, -0.05) is 13.8 Å². The second-order valence-corrected chi connectivity index (χ2v) is 6.20. The van der Waals surface area contributed by atoms with Crippen LogP contribution in [-0.2, 0) is 13.0 Å². The lowest BCUT2D eigenvalue weighted by atomic mass is 10.1. The highest BCUT2D eigenvalue weighted by atomic mass is 32.1. The van der Waals surface area contributed by atoms with Crippen LogP contribution in [0, 0.1) is 0 Å². The minimum Gasteiger partial charge on any atom is -0.493 e. The molecule has 0 atom stereocenters. The van der Waals surface area contributed by atoms with Crippen LogP contribution in [-0.4, -0.2) is 17.6 Å². The van der Waals surface area contributed by atoms with Gasteiger partial charge in [-0.15, -0.1) is 11.3 Å². The second-order valence-electron chi connectivity index (χ2n) is 5.09. The van der Waals surface area contributed by atoms with Crippen molar-refractivity contribution in [1.82, 2.24) is 10.3 Å². The average Bonchev–Trinajstić information content (AvgIpc) is 3.04. The van der Waals surface area contributed by atoms with E-state index in [4.69, 9.17) is 4.74 Å². The Kier molecular flexibility index (Phi) is 3.53. The van der Waals surface area contributed by atoms with E-state index in [1.165, 1.54) is 16.0 Å². The van der Waals surface area contributed by atoms with Gasteiger partial charge in [0.05, 0.1) is 6.61 Å². The highest BCUT2D eigenvalue weighted by molar-refractivity contribution is 7.15. The van der Waals surface area contributed by atoms with Crippen LogP contribution in [0.25, 0.3) is 10.6 Å². The van der Waals surface area contributed by atoms with Gasteiger partial charge in [0.2, 0.25) is 0 Å². The van der Waals surface area contributed by atoms with Gasteiger partial charge in [-0.25, -0.2) is 4.98 Å². The Hall–Kier alpha value is -1.39. The molecule has 0 fully saturated rings. The highest BCUT2D eigenvalue weighted by Crippen LogP contribution is 2.32. The first-order valence-electron chi connectivity index (χ1n) is 6.66. The summed E-state index contributed by atoms with van der Waals surface area (Å²) in [7, 11) is 0. The van der Waals surface area contributed by atoms with Crippen molar-refractivity contribution in [2.75, 3.05) is 6.61 Å². The predicted octanol–water partition coefficient (Wildman–Crippen LogP) is 3.24. The van der Waals surface area contributed by atoms with Crippen LogP contribution < -0.4 is 10.1 Å². The lowest BCUT2D eigenvalue weighted by molar-refractivity contribution is 0.357. The van der Waals surface area contributed by atoms with Crippen molar-refractivity contribution in [1.29, 1.82) is 0 Å². The van der Waals surface area contributed by atoms with Gasteiger partial charge in [-0.3, -0.25) is 0 Å². The van der Waals surface area contributed by atoms with E-state index in [0.717, 1.165) is 30.3 Å². The summed E-state index contributed by atoms with van der Waals surface area (Å²) in [5, 5.41) is 4.51. The number of benzene rings is 1. The van der Waals surface area contributed by atoms with Gasteiger partial charge < -0.3 is 10.1 Å². The number of nitrogens with zero attached hydrogens (tertiary/aromatic N) is 1. The number of rotatable bonds is 4. The molecule has 3 nitrogen and oxygen atoms in total. The lowest BCUT2D eigenvalue weighted by Gasteiger charge is -2.04. The maximum absolute atomic E-state index is 5.53. The van der Waals surface area contributed by atoms with Crippen molar-refractivity contribution in [3.8, 4) is 16.3 Å². The van der Waals surface area contributed by atoms with E-state index in [9.17, 15) is 0 Å². The van der Waals surface area contributed by atoms with Crippen LogP contribution in [0.15, 0.2) is 24.4 Å². The molecule has 0 radical (unpaired) electrons. The van der Waals surface area contributed by atoms with E-state index in [0.29, 0.717) is 6.04 Å². The molecule has 100 valence electrons. The Bertz CT molecular complexity index is 577. The Labute approximate surface area is 117 Å². The zero-order valence-electron chi connectivity index (χ0n) is 11.3. The predicted molar refractivity (Wildman–Crippen MR) is 78.7 cm³/mol. The number of nitrogens with one attached hydrogen (secondary N) is 1. The standard InChI is InChI=1S/C15H18N2OS/c1-10(2)16-8-13-9-17-15(19-13)12-3-4-14-11(7-12)5-6-18-14/h3-4,7,9-10,16H,5-6,8H2,1-2H3. The van der Waals surface area contributed by atoms with Gasteiger partial charge in [0.25, 0.3) is 0 Å². The number of fused-ring (bicyclic) bond motifs is 1. The summed E-state index contributed by atoms with van der Waals surface area (Å²) in [6.07, 6.45) is 2.98. The molecule has 0 aliphatic carbocycles. The molecule has 0 spiro atoms. The van der Waals surface area contributed by atoms with E-state index >= 15 is 0 Å². The van der Waals surface area contributed by atoms with E-state index < -0.39 is 0 Å². The average molecular weight is 274 g/mol. The van der Waals surface area contributed by atoms with E-state index in [1.807, 2.05) is 6.20 Å². The second kappa shape index (κ2) is 5.31. The summed E-state index contributed by atoms with van der Waals surface area (Å²) >= 11 is 1.76. The fourth-order valence-electron chi connectivity index (χ4n) is 2.15. The number of thiazole rings is 1. The van der Waals surface area contributed by atoms with Gasteiger partial charge in [0, 0.05) is 35.6 Å². The molecule has 1 aromatic carbocycles. The molecule has 2 heterocycles. The molecule has 0 saturated carbocycles. The summed E-state index contributed by atoms with van der Waals surface area (Å²) in [4.78, 5) is 5.81. The topological polar surface area (TPSA) is 34.2 Å². The van der Waals surface area contributed by atoms with Crippen LogP contribution in [0.1, 0.15) is 24.3 Å². The monoisotopic (exact) mass is 274 g/mol. The van der Waals surface area contributed by atoms with Crippen LogP contribution in [0.3, 0.4) is 0 Å². The molecular weight excluding hydrogens is 256 g/mol. The number of hydrogen-bond donors (Lipinski definition) is 1.